The highest BCUT2D eigenvalue weighted by Gasteiger charge is 2.18. The third-order valence-electron chi connectivity index (χ3n) is 13.0. The predicted octanol–water partition coefficient (Wildman–Crippen LogP) is 15.9. The molecule has 3 aromatic carbocycles. The van der Waals surface area contributed by atoms with E-state index in [1.54, 1.807) is 7.11 Å². The van der Waals surface area contributed by atoms with E-state index in [1.807, 2.05) is 12.1 Å². The van der Waals surface area contributed by atoms with Crippen molar-refractivity contribution >= 4 is 23.4 Å². The van der Waals surface area contributed by atoms with Crippen LogP contribution in [-0.4, -0.2) is 26.8 Å². The van der Waals surface area contributed by atoms with Crippen molar-refractivity contribution in [1.29, 1.82) is 0 Å². The number of fused-ring (bicyclic) bond motifs is 2. The molecule has 3 aromatic rings. The average molecular weight is 880 g/mol. The molecule has 3 heteroatoms. The summed E-state index contributed by atoms with van der Waals surface area (Å²) in [6.45, 7) is 10.9. The maximum atomic E-state index is 6.54. The molecule has 0 spiro atoms. The Labute approximate surface area is 400 Å². The van der Waals surface area contributed by atoms with Gasteiger partial charge in [0, 0.05) is 30.3 Å². The Hall–Kier alpha value is -7.10. The molecule has 1 atom stereocenters. The van der Waals surface area contributed by atoms with Gasteiger partial charge in [0.1, 0.15) is 18.1 Å². The number of nitrogens with zero attached hydrogens (tertiary/aromatic N) is 1. The summed E-state index contributed by atoms with van der Waals surface area (Å²) in [6, 6.07) is 24.1. The van der Waals surface area contributed by atoms with Gasteiger partial charge in [0.25, 0.3) is 0 Å². The Morgan fingerprint density at radius 3 is 2.49 bits per heavy atom. The lowest BCUT2D eigenvalue weighted by molar-refractivity contribution is 0.255. The lowest BCUT2D eigenvalue weighted by atomic mass is 9.88. The summed E-state index contributed by atoms with van der Waals surface area (Å²) in [7, 11) is 1.74. The van der Waals surface area contributed by atoms with E-state index in [1.165, 1.54) is 66.9 Å². The van der Waals surface area contributed by atoms with E-state index < -0.39 is 0 Å². The number of anilines is 1. The van der Waals surface area contributed by atoms with Gasteiger partial charge >= 0.3 is 0 Å². The Balaban J connectivity index is 1.08. The molecule has 2 heterocycles. The lowest BCUT2D eigenvalue weighted by Gasteiger charge is -2.23. The van der Waals surface area contributed by atoms with Gasteiger partial charge in [0.2, 0.25) is 0 Å². The average Bonchev–Trinajstić information content (AvgIpc) is 3.57. The van der Waals surface area contributed by atoms with Crippen molar-refractivity contribution in [2.24, 2.45) is 5.92 Å². The molecular formula is C64H65NO2. The molecule has 0 saturated carbocycles. The molecule has 1 unspecified atom stereocenters. The van der Waals surface area contributed by atoms with E-state index in [0.717, 1.165) is 80.7 Å². The molecule has 0 saturated heterocycles. The van der Waals surface area contributed by atoms with Crippen molar-refractivity contribution in [3.63, 3.8) is 0 Å². The minimum atomic E-state index is 0.0658. The largest absolute Gasteiger partial charge is 0.496 e. The second kappa shape index (κ2) is 23.4. The highest BCUT2D eigenvalue weighted by molar-refractivity contribution is 5.75. The zero-order valence-corrected chi connectivity index (χ0v) is 39.7. The van der Waals surface area contributed by atoms with Crippen LogP contribution >= 0.6 is 0 Å². The third-order valence-corrected chi connectivity index (χ3v) is 13.0. The standard InChI is InChI=1S/C64H65NO2/c1-5-51(20-6-9-24-58-25-10-11-33-63(58)66-4)52-21-7-8-22-55(61-32-16-30-59-47-64(61)67-44-18-19-48(2)45-49(59)3)23-12-13-42-65(43-17-31-52)60-40-38-54(39-41-60)53-26-14-27-56-28-15-29-57-37-35-50(34-36-53)46-62(56)57/h6,9-22,25,27-41,45,47,59H,3,5,7-8,23-24,26,42-44,46H2,1-2,4H3/b9-6-,13-12?,19-18-,27-14-,31-17-,48-45-,50-34-,51-20+,52-21+,53-36+,55-22+. The third kappa shape index (κ3) is 12.4. The first-order chi connectivity index (χ1) is 32.9. The molecule has 338 valence electrons. The highest BCUT2D eigenvalue weighted by Crippen LogP contribution is 2.33. The van der Waals surface area contributed by atoms with Crippen molar-refractivity contribution in [2.75, 3.05) is 31.7 Å². The Bertz CT molecular complexity index is 2770. The van der Waals surface area contributed by atoms with E-state index in [2.05, 4.69) is 214 Å². The number of methoxy groups -OCH3 is 1. The van der Waals surface area contributed by atoms with Crippen LogP contribution in [0.1, 0.15) is 73.8 Å². The van der Waals surface area contributed by atoms with Crippen LogP contribution in [0.5, 0.6) is 5.75 Å². The molecule has 4 bridgehead atoms. The van der Waals surface area contributed by atoms with Gasteiger partial charge in [-0.3, -0.25) is 0 Å². The molecule has 3 nitrogen and oxygen atoms in total. The summed E-state index contributed by atoms with van der Waals surface area (Å²) in [6.07, 6.45) is 56.2. The predicted molar refractivity (Wildman–Crippen MR) is 287 cm³/mol. The van der Waals surface area contributed by atoms with Crippen molar-refractivity contribution in [3.05, 3.63) is 267 Å². The molecule has 5 aliphatic rings. The topological polar surface area (TPSA) is 21.7 Å². The monoisotopic (exact) mass is 880 g/mol. The number of hydrogen-bond donors (Lipinski definition) is 0. The number of rotatable bonds is 9. The van der Waals surface area contributed by atoms with Crippen LogP contribution in [0.2, 0.25) is 0 Å². The van der Waals surface area contributed by atoms with E-state index in [9.17, 15) is 0 Å². The van der Waals surface area contributed by atoms with E-state index >= 15 is 0 Å². The SMILES string of the molecule is C=C1/C=C(C)\C=C/COC2=CC1C=CC=C2/C1=C/CC/C=C(/C(=C/C=C\Cc2ccccc2OC)CC)\C=C/CN(c2ccc(/C3=C/C=C4/C=Cc5cccc(c5C4)/C=C\C3)cc2)CC=CC1. The molecule has 67 heavy (non-hydrogen) atoms. The number of ether oxygens (including phenoxy) is 2. The second-order valence-electron chi connectivity index (χ2n) is 17.6. The second-order valence-corrected chi connectivity index (χ2v) is 17.6. The smallest absolute Gasteiger partial charge is 0.124 e. The summed E-state index contributed by atoms with van der Waals surface area (Å²) >= 11 is 0. The van der Waals surface area contributed by atoms with Gasteiger partial charge in [-0.2, -0.15) is 0 Å². The molecule has 2 aliphatic heterocycles. The van der Waals surface area contributed by atoms with Gasteiger partial charge in [-0.1, -0.05) is 189 Å². The normalized spacial score (nSPS) is 24.5. The first-order valence-electron chi connectivity index (χ1n) is 24.1. The van der Waals surface area contributed by atoms with Crippen molar-refractivity contribution in [1.82, 2.24) is 0 Å². The van der Waals surface area contributed by atoms with Crippen molar-refractivity contribution in [3.8, 4) is 5.75 Å². The molecule has 0 amide bonds. The molecule has 0 fully saturated rings. The number of hydrogen-bond acceptors (Lipinski definition) is 3. The Morgan fingerprint density at radius 2 is 1.63 bits per heavy atom. The number of allylic oxidation sites excluding steroid dienone is 24. The van der Waals surface area contributed by atoms with Crippen LogP contribution < -0.4 is 9.64 Å². The van der Waals surface area contributed by atoms with E-state index in [-0.39, 0.29) is 5.92 Å². The van der Waals surface area contributed by atoms with Crippen molar-refractivity contribution < 1.29 is 9.47 Å². The zero-order chi connectivity index (χ0) is 46.2. The van der Waals surface area contributed by atoms with Gasteiger partial charge in [0.15, 0.2) is 0 Å². The van der Waals surface area contributed by atoms with Gasteiger partial charge in [-0.25, -0.2) is 0 Å². The molecule has 8 rings (SSSR count). The number of benzene rings is 3. The molecule has 0 N–H and O–H groups in total. The van der Waals surface area contributed by atoms with Crippen LogP contribution in [0, 0.1) is 5.92 Å². The molecular weight excluding hydrogens is 815 g/mol. The summed E-state index contributed by atoms with van der Waals surface area (Å²) in [5, 5.41) is 0. The fraction of sp³-hybridized carbons (Fsp3) is 0.219. The van der Waals surface area contributed by atoms with Gasteiger partial charge in [-0.15, -0.1) is 0 Å². The Morgan fingerprint density at radius 1 is 0.806 bits per heavy atom. The summed E-state index contributed by atoms with van der Waals surface area (Å²) in [5.74, 6) is 1.90. The van der Waals surface area contributed by atoms with Crippen LogP contribution in [0.4, 0.5) is 5.69 Å². The molecule has 3 aliphatic carbocycles. The lowest BCUT2D eigenvalue weighted by Crippen LogP contribution is -2.23. The fourth-order valence-electron chi connectivity index (χ4n) is 9.27. The minimum absolute atomic E-state index is 0.0658. The van der Waals surface area contributed by atoms with E-state index in [0.29, 0.717) is 6.61 Å². The summed E-state index contributed by atoms with van der Waals surface area (Å²) < 4.78 is 12.2. The first kappa shape index (κ1) is 46.4. The maximum Gasteiger partial charge on any atom is 0.124 e. The molecule has 0 aromatic heterocycles. The fourth-order valence-corrected chi connectivity index (χ4v) is 9.27. The van der Waals surface area contributed by atoms with Gasteiger partial charge in [0.05, 0.1) is 7.11 Å². The van der Waals surface area contributed by atoms with Crippen LogP contribution in [-0.2, 0) is 17.6 Å². The minimum Gasteiger partial charge on any atom is -0.496 e. The summed E-state index contributed by atoms with van der Waals surface area (Å²) in [4.78, 5) is 2.47. The quantitative estimate of drug-likeness (QED) is 0.158. The zero-order valence-electron chi connectivity index (χ0n) is 39.7. The molecule has 0 radical (unpaired) electrons. The number of para-hydroxylation sites is 1. The Kier molecular flexibility index (Phi) is 16.2. The first-order valence-corrected chi connectivity index (χ1v) is 24.1. The van der Waals surface area contributed by atoms with Gasteiger partial charge in [-0.05, 0) is 143 Å². The highest BCUT2D eigenvalue weighted by atomic mass is 16.5. The summed E-state index contributed by atoms with van der Waals surface area (Å²) in [5.41, 5.74) is 17.6. The maximum absolute atomic E-state index is 6.54. The van der Waals surface area contributed by atoms with Crippen LogP contribution in [0.3, 0.4) is 0 Å². The van der Waals surface area contributed by atoms with Gasteiger partial charge < -0.3 is 14.4 Å². The van der Waals surface area contributed by atoms with Crippen LogP contribution in [0.15, 0.2) is 240 Å². The van der Waals surface area contributed by atoms with E-state index in [4.69, 9.17) is 9.47 Å². The van der Waals surface area contributed by atoms with Crippen molar-refractivity contribution in [2.45, 2.75) is 58.8 Å². The van der Waals surface area contributed by atoms with Crippen LogP contribution in [0.25, 0.3) is 17.7 Å².